The summed E-state index contributed by atoms with van der Waals surface area (Å²) in [6.07, 6.45) is 0. The number of phenolic OH excluding ortho intramolecular Hbond substituents is 1. The minimum absolute atomic E-state index is 0.144. The summed E-state index contributed by atoms with van der Waals surface area (Å²) in [6, 6.07) is 5.17. The van der Waals surface area contributed by atoms with Gasteiger partial charge in [0, 0.05) is 5.56 Å². The predicted octanol–water partition coefficient (Wildman–Crippen LogP) is 1.90. The molecule has 0 amide bonds. The fraction of sp³-hybridized carbons (Fsp3) is 0.222. The smallest absolute Gasteiger partial charge is 0.125 e. The van der Waals surface area contributed by atoms with E-state index in [1.54, 1.807) is 19.1 Å². The molecular weight excluding hydrogens is 154 g/mol. The van der Waals surface area contributed by atoms with Crippen LogP contribution >= 0.6 is 0 Å². The van der Waals surface area contributed by atoms with Gasteiger partial charge >= 0.3 is 0 Å². The first kappa shape index (κ1) is 8.59. The van der Waals surface area contributed by atoms with Crippen LogP contribution in [0, 0.1) is 6.92 Å². The largest absolute Gasteiger partial charge is 0.507 e. The van der Waals surface area contributed by atoms with E-state index in [0.29, 0.717) is 11.3 Å². The number of aromatic hydroxyl groups is 1. The van der Waals surface area contributed by atoms with Crippen molar-refractivity contribution in [2.45, 2.75) is 13.8 Å². The second kappa shape index (κ2) is 3.26. The molecule has 1 aromatic carbocycles. The Balaban J connectivity index is 3.31. The number of rotatable bonds is 1. The molecule has 0 unspecified atom stereocenters. The molecule has 0 saturated heterocycles. The third-order valence-electron chi connectivity index (χ3n) is 1.76. The number of aryl methyl sites for hydroxylation is 1. The highest BCUT2D eigenvalue weighted by Gasteiger charge is 2.06. The number of phenols is 1. The van der Waals surface area contributed by atoms with Crippen molar-refractivity contribution in [1.82, 2.24) is 0 Å². The van der Waals surface area contributed by atoms with Crippen LogP contribution in [0.25, 0.3) is 0 Å². The Kier molecular flexibility index (Phi) is 2.33. The van der Waals surface area contributed by atoms with Gasteiger partial charge in [-0.2, -0.15) is 0 Å². The average Bonchev–Trinajstić information content (AvgIpc) is 2.03. The highest BCUT2D eigenvalue weighted by molar-refractivity contribution is 6.01. The quantitative estimate of drug-likeness (QED) is 0.379. The Hall–Kier alpha value is -1.51. The molecule has 2 N–H and O–H groups in total. The normalized spacial score (nSPS) is 11.7. The van der Waals surface area contributed by atoms with Crippen LogP contribution in [-0.4, -0.2) is 16.0 Å². The van der Waals surface area contributed by atoms with Crippen LogP contribution in [0.1, 0.15) is 18.1 Å². The Labute approximate surface area is 71.0 Å². The van der Waals surface area contributed by atoms with Gasteiger partial charge in [0.1, 0.15) is 5.75 Å². The second-order valence-electron chi connectivity index (χ2n) is 2.65. The number of benzene rings is 1. The summed E-state index contributed by atoms with van der Waals surface area (Å²) in [4.78, 5) is 0. The minimum atomic E-state index is 0.144. The van der Waals surface area contributed by atoms with Crippen LogP contribution in [0.4, 0.5) is 0 Å². The third kappa shape index (κ3) is 1.39. The molecule has 0 atom stereocenters. The van der Waals surface area contributed by atoms with Crippen LogP contribution in [0.5, 0.6) is 5.75 Å². The van der Waals surface area contributed by atoms with Gasteiger partial charge in [0.05, 0.1) is 5.71 Å². The summed E-state index contributed by atoms with van der Waals surface area (Å²) in [5.74, 6) is 0.144. The third-order valence-corrected chi connectivity index (χ3v) is 1.76. The molecule has 0 bridgehead atoms. The maximum Gasteiger partial charge on any atom is 0.125 e. The molecule has 0 aromatic heterocycles. The van der Waals surface area contributed by atoms with Crippen molar-refractivity contribution in [3.63, 3.8) is 0 Å². The number of hydrogen-bond donors (Lipinski definition) is 2. The summed E-state index contributed by atoms with van der Waals surface area (Å²) in [5, 5.41) is 21.0. The first-order chi connectivity index (χ1) is 5.66. The lowest BCUT2D eigenvalue weighted by atomic mass is 10.0. The molecule has 64 valence electrons. The molecule has 0 saturated carbocycles. The van der Waals surface area contributed by atoms with Gasteiger partial charge in [0.25, 0.3) is 0 Å². The van der Waals surface area contributed by atoms with E-state index in [1.807, 2.05) is 13.0 Å². The van der Waals surface area contributed by atoms with Gasteiger partial charge < -0.3 is 10.3 Å². The van der Waals surface area contributed by atoms with Gasteiger partial charge in [-0.15, -0.1) is 0 Å². The average molecular weight is 165 g/mol. The van der Waals surface area contributed by atoms with Gasteiger partial charge in [0.2, 0.25) is 0 Å². The van der Waals surface area contributed by atoms with Crippen molar-refractivity contribution in [2.75, 3.05) is 0 Å². The van der Waals surface area contributed by atoms with E-state index in [0.717, 1.165) is 5.56 Å². The molecule has 1 aromatic rings. The summed E-state index contributed by atoms with van der Waals surface area (Å²) < 4.78 is 0. The maximum atomic E-state index is 9.40. The fourth-order valence-corrected chi connectivity index (χ4v) is 1.17. The molecule has 3 nitrogen and oxygen atoms in total. The highest BCUT2D eigenvalue weighted by atomic mass is 16.4. The Bertz CT molecular complexity index is 298. The number of hydrogen-bond acceptors (Lipinski definition) is 3. The van der Waals surface area contributed by atoms with Crippen LogP contribution in [0.15, 0.2) is 23.4 Å². The van der Waals surface area contributed by atoms with Gasteiger partial charge in [0.15, 0.2) is 0 Å². The number of nitrogens with zero attached hydrogens (tertiary/aromatic N) is 1. The standard InChI is InChI=1S/C9H11NO2/c1-6-4-3-5-8(11)9(6)7(2)10-12/h3-5,11-12H,1-2H3/b10-7+. The molecule has 0 fully saturated rings. The van der Waals surface area contributed by atoms with Gasteiger partial charge in [-0.3, -0.25) is 0 Å². The SMILES string of the molecule is C/C(=N\O)c1c(C)cccc1O. The first-order valence-corrected chi connectivity index (χ1v) is 3.64. The molecule has 0 radical (unpaired) electrons. The van der Waals surface area contributed by atoms with Crippen molar-refractivity contribution in [3.05, 3.63) is 29.3 Å². The lowest BCUT2D eigenvalue weighted by molar-refractivity contribution is 0.318. The first-order valence-electron chi connectivity index (χ1n) is 3.64. The molecule has 1 rings (SSSR count). The Morgan fingerprint density at radius 2 is 2.08 bits per heavy atom. The van der Waals surface area contributed by atoms with E-state index in [2.05, 4.69) is 5.16 Å². The maximum absolute atomic E-state index is 9.40. The fourth-order valence-electron chi connectivity index (χ4n) is 1.17. The molecule has 3 heteroatoms. The lowest BCUT2D eigenvalue weighted by Crippen LogP contribution is -1.97. The van der Waals surface area contributed by atoms with Crippen molar-refractivity contribution in [1.29, 1.82) is 0 Å². The van der Waals surface area contributed by atoms with Crippen molar-refractivity contribution < 1.29 is 10.3 Å². The monoisotopic (exact) mass is 165 g/mol. The van der Waals surface area contributed by atoms with Crippen LogP contribution in [0.2, 0.25) is 0 Å². The van der Waals surface area contributed by atoms with Crippen molar-refractivity contribution in [2.24, 2.45) is 5.16 Å². The summed E-state index contributed by atoms with van der Waals surface area (Å²) in [5.41, 5.74) is 1.91. The topological polar surface area (TPSA) is 52.8 Å². The predicted molar refractivity (Wildman–Crippen MR) is 46.8 cm³/mol. The Morgan fingerprint density at radius 3 is 2.58 bits per heavy atom. The molecule has 0 heterocycles. The van der Waals surface area contributed by atoms with Gasteiger partial charge in [-0.25, -0.2) is 0 Å². The van der Waals surface area contributed by atoms with E-state index in [1.165, 1.54) is 0 Å². The van der Waals surface area contributed by atoms with Crippen LogP contribution in [0.3, 0.4) is 0 Å². The minimum Gasteiger partial charge on any atom is -0.507 e. The van der Waals surface area contributed by atoms with Gasteiger partial charge in [-0.05, 0) is 25.5 Å². The van der Waals surface area contributed by atoms with Crippen LogP contribution in [-0.2, 0) is 0 Å². The lowest BCUT2D eigenvalue weighted by Gasteiger charge is -2.05. The zero-order valence-corrected chi connectivity index (χ0v) is 7.07. The second-order valence-corrected chi connectivity index (χ2v) is 2.65. The zero-order chi connectivity index (χ0) is 9.14. The summed E-state index contributed by atoms with van der Waals surface area (Å²) >= 11 is 0. The summed E-state index contributed by atoms with van der Waals surface area (Å²) in [6.45, 7) is 3.49. The van der Waals surface area contributed by atoms with E-state index < -0.39 is 0 Å². The summed E-state index contributed by atoms with van der Waals surface area (Å²) in [7, 11) is 0. The molecule has 0 aliphatic carbocycles. The van der Waals surface area contributed by atoms with Crippen LogP contribution < -0.4 is 0 Å². The van der Waals surface area contributed by atoms with E-state index >= 15 is 0 Å². The van der Waals surface area contributed by atoms with E-state index in [-0.39, 0.29) is 5.75 Å². The molecule has 12 heavy (non-hydrogen) atoms. The zero-order valence-electron chi connectivity index (χ0n) is 7.07. The van der Waals surface area contributed by atoms with E-state index in [4.69, 9.17) is 5.21 Å². The van der Waals surface area contributed by atoms with Crippen molar-refractivity contribution >= 4 is 5.71 Å². The Morgan fingerprint density at radius 1 is 1.42 bits per heavy atom. The van der Waals surface area contributed by atoms with E-state index in [9.17, 15) is 5.11 Å². The molecule has 0 spiro atoms. The van der Waals surface area contributed by atoms with Crippen molar-refractivity contribution in [3.8, 4) is 5.75 Å². The van der Waals surface area contributed by atoms with Gasteiger partial charge in [-0.1, -0.05) is 17.3 Å². The highest BCUT2D eigenvalue weighted by Crippen LogP contribution is 2.20. The molecular formula is C9H11NO2. The number of oxime groups is 1. The molecule has 0 aliphatic rings. The molecule has 0 aliphatic heterocycles.